The molecule has 0 saturated heterocycles. The highest BCUT2D eigenvalue weighted by Crippen LogP contribution is 2.44. The lowest BCUT2D eigenvalue weighted by Crippen LogP contribution is -2.30. The van der Waals surface area contributed by atoms with Gasteiger partial charge < -0.3 is 0 Å². The lowest BCUT2D eigenvalue weighted by molar-refractivity contribution is 0.817. The van der Waals surface area contributed by atoms with Gasteiger partial charge in [0, 0.05) is 0 Å². The lowest BCUT2D eigenvalue weighted by Gasteiger charge is -2.23. The van der Waals surface area contributed by atoms with Gasteiger partial charge in [-0.25, -0.2) is 0 Å². The monoisotopic (exact) mass is 292 g/mol. The summed E-state index contributed by atoms with van der Waals surface area (Å²) in [5.41, 5.74) is 8.57. The molecule has 2 aliphatic rings. The van der Waals surface area contributed by atoms with Gasteiger partial charge in [-0.3, -0.25) is 10.0 Å². The van der Waals surface area contributed by atoms with E-state index in [2.05, 4.69) is 74.1 Å². The van der Waals surface area contributed by atoms with Gasteiger partial charge in [-0.05, 0) is 46.2 Å². The van der Waals surface area contributed by atoms with Crippen LogP contribution in [0, 0.1) is 0 Å². The number of hydrogen-bond acceptors (Lipinski definition) is 2. The van der Waals surface area contributed by atoms with Crippen LogP contribution in [0.25, 0.3) is 0 Å². The lowest BCUT2D eigenvalue weighted by atomic mass is 9.98. The smallest absolute Gasteiger partial charge is 0.0668 e. The second-order valence-electron chi connectivity index (χ2n) is 7.20. The van der Waals surface area contributed by atoms with E-state index in [0.717, 1.165) is 13.1 Å². The topological polar surface area (TPSA) is 6.48 Å². The highest BCUT2D eigenvalue weighted by molar-refractivity contribution is 5.74. The summed E-state index contributed by atoms with van der Waals surface area (Å²) in [4.78, 5) is 0. The van der Waals surface area contributed by atoms with Crippen LogP contribution < -0.4 is 10.0 Å². The van der Waals surface area contributed by atoms with Gasteiger partial charge in [-0.15, -0.1) is 0 Å². The molecule has 2 aromatic carbocycles. The Morgan fingerprint density at radius 2 is 1.09 bits per heavy atom. The van der Waals surface area contributed by atoms with Gasteiger partial charge in [-0.2, -0.15) is 0 Å². The number of rotatable bonds is 2. The maximum Gasteiger partial charge on any atom is 0.0668 e. The van der Waals surface area contributed by atoms with E-state index < -0.39 is 0 Å². The number of fused-ring (bicyclic) bond motifs is 5. The Labute approximate surface area is 133 Å². The zero-order valence-corrected chi connectivity index (χ0v) is 13.9. The molecular weight excluding hydrogens is 268 g/mol. The molecule has 2 heteroatoms. The van der Waals surface area contributed by atoms with E-state index in [4.69, 9.17) is 0 Å². The molecule has 2 aliphatic heterocycles. The summed E-state index contributed by atoms with van der Waals surface area (Å²) in [5.74, 6) is 1.19. The van der Waals surface area contributed by atoms with Crippen molar-refractivity contribution in [3.63, 3.8) is 0 Å². The van der Waals surface area contributed by atoms with Gasteiger partial charge in [-0.1, -0.05) is 52.0 Å². The highest BCUT2D eigenvalue weighted by Gasteiger charge is 2.34. The fourth-order valence-corrected chi connectivity index (χ4v) is 3.61. The third-order valence-corrected chi connectivity index (χ3v) is 5.03. The molecule has 0 aromatic heterocycles. The standard InChI is InChI=1S/C20H24N2/c1-13(2)15-5-7-19-17(9-15)11-21-20-8-6-16(14(3)4)10-18(20)12-22(19)21/h5-10,13-14H,11-12H2,1-4H3. The first-order valence-corrected chi connectivity index (χ1v) is 8.35. The molecule has 2 aromatic rings. The Balaban J connectivity index is 1.70. The van der Waals surface area contributed by atoms with E-state index in [9.17, 15) is 0 Å². The summed E-state index contributed by atoms with van der Waals surface area (Å²) in [6.07, 6.45) is 0. The van der Waals surface area contributed by atoms with E-state index in [0.29, 0.717) is 11.8 Å². The molecule has 114 valence electrons. The first-order chi connectivity index (χ1) is 10.5. The van der Waals surface area contributed by atoms with Crippen molar-refractivity contribution in [2.45, 2.75) is 52.6 Å². The molecule has 4 rings (SSSR count). The van der Waals surface area contributed by atoms with Crippen LogP contribution in [-0.4, -0.2) is 0 Å². The van der Waals surface area contributed by atoms with Crippen LogP contribution in [0.15, 0.2) is 36.4 Å². The molecule has 0 unspecified atom stereocenters. The third kappa shape index (κ3) is 1.93. The first kappa shape index (κ1) is 13.7. The van der Waals surface area contributed by atoms with E-state index in [1.54, 1.807) is 0 Å². The normalized spacial score (nSPS) is 15.5. The summed E-state index contributed by atoms with van der Waals surface area (Å²) in [6.45, 7) is 11.1. The highest BCUT2D eigenvalue weighted by atomic mass is 15.7. The summed E-state index contributed by atoms with van der Waals surface area (Å²) < 4.78 is 0. The molecule has 0 saturated carbocycles. The second kappa shape index (κ2) is 4.77. The van der Waals surface area contributed by atoms with Crippen molar-refractivity contribution in [3.8, 4) is 0 Å². The van der Waals surface area contributed by atoms with Gasteiger partial charge >= 0.3 is 0 Å². The van der Waals surface area contributed by atoms with Crippen molar-refractivity contribution in [2.75, 3.05) is 10.0 Å². The average molecular weight is 292 g/mol. The third-order valence-electron chi connectivity index (χ3n) is 5.03. The number of hydrogen-bond donors (Lipinski definition) is 0. The molecule has 22 heavy (non-hydrogen) atoms. The summed E-state index contributed by atoms with van der Waals surface area (Å²) >= 11 is 0. The summed E-state index contributed by atoms with van der Waals surface area (Å²) in [6, 6.07) is 14.0. The quantitative estimate of drug-likeness (QED) is 0.751. The molecule has 0 fully saturated rings. The minimum Gasteiger partial charge on any atom is -0.280 e. The van der Waals surface area contributed by atoms with E-state index in [-0.39, 0.29) is 0 Å². The maximum absolute atomic E-state index is 2.44. The fraction of sp³-hybridized carbons (Fsp3) is 0.400. The molecular formula is C20H24N2. The van der Waals surface area contributed by atoms with Crippen LogP contribution in [0.4, 0.5) is 11.4 Å². The van der Waals surface area contributed by atoms with Gasteiger partial charge in [0.15, 0.2) is 0 Å². The van der Waals surface area contributed by atoms with Gasteiger partial charge in [0.2, 0.25) is 0 Å². The molecule has 0 spiro atoms. The summed E-state index contributed by atoms with van der Waals surface area (Å²) in [5, 5.41) is 4.88. The zero-order chi connectivity index (χ0) is 15.4. The number of hydrazine groups is 1. The Kier molecular flexibility index (Phi) is 2.97. The van der Waals surface area contributed by atoms with Gasteiger partial charge in [0.1, 0.15) is 0 Å². The van der Waals surface area contributed by atoms with Crippen LogP contribution in [0.2, 0.25) is 0 Å². The van der Waals surface area contributed by atoms with Crippen LogP contribution in [0.5, 0.6) is 0 Å². The van der Waals surface area contributed by atoms with Crippen molar-refractivity contribution < 1.29 is 0 Å². The predicted molar refractivity (Wildman–Crippen MR) is 93.4 cm³/mol. The molecule has 0 bridgehead atoms. The molecule has 2 nitrogen and oxygen atoms in total. The van der Waals surface area contributed by atoms with Crippen LogP contribution in [0.3, 0.4) is 0 Å². The minimum absolute atomic E-state index is 0.594. The van der Waals surface area contributed by atoms with Crippen LogP contribution in [0.1, 0.15) is 61.8 Å². The average Bonchev–Trinajstić information content (AvgIpc) is 3.01. The zero-order valence-electron chi connectivity index (χ0n) is 13.9. The molecule has 2 heterocycles. The van der Waals surface area contributed by atoms with E-state index in [1.165, 1.54) is 33.6 Å². The van der Waals surface area contributed by atoms with E-state index in [1.807, 2.05) is 0 Å². The van der Waals surface area contributed by atoms with Gasteiger partial charge in [0.25, 0.3) is 0 Å². The fourth-order valence-electron chi connectivity index (χ4n) is 3.61. The van der Waals surface area contributed by atoms with Gasteiger partial charge in [0.05, 0.1) is 24.5 Å². The molecule has 0 amide bonds. The largest absolute Gasteiger partial charge is 0.280 e. The minimum atomic E-state index is 0.594. The number of anilines is 2. The SMILES string of the molecule is CC(C)c1ccc2c(c1)CN1c3ccc(C(C)C)cc3CN21. The second-order valence-corrected chi connectivity index (χ2v) is 7.20. The van der Waals surface area contributed by atoms with Crippen molar-refractivity contribution in [1.82, 2.24) is 0 Å². The molecule has 0 N–H and O–H groups in total. The Bertz CT molecular complexity index is 667. The number of nitrogens with zero attached hydrogens (tertiary/aromatic N) is 2. The summed E-state index contributed by atoms with van der Waals surface area (Å²) in [7, 11) is 0. The van der Waals surface area contributed by atoms with Crippen molar-refractivity contribution in [3.05, 3.63) is 58.7 Å². The van der Waals surface area contributed by atoms with E-state index >= 15 is 0 Å². The van der Waals surface area contributed by atoms with Crippen molar-refractivity contribution in [2.24, 2.45) is 0 Å². The predicted octanol–water partition coefficient (Wildman–Crippen LogP) is 5.19. The van der Waals surface area contributed by atoms with Crippen molar-refractivity contribution >= 4 is 11.4 Å². The molecule has 0 radical (unpaired) electrons. The molecule has 0 atom stereocenters. The molecule has 0 aliphatic carbocycles. The van der Waals surface area contributed by atoms with Crippen molar-refractivity contribution in [1.29, 1.82) is 0 Å². The van der Waals surface area contributed by atoms with Crippen LogP contribution >= 0.6 is 0 Å². The maximum atomic E-state index is 2.44. The number of benzene rings is 2. The Morgan fingerprint density at radius 3 is 1.45 bits per heavy atom. The van der Waals surface area contributed by atoms with Crippen LogP contribution in [-0.2, 0) is 13.1 Å². The Morgan fingerprint density at radius 1 is 0.682 bits per heavy atom. The Hall–Kier alpha value is -1.96. The first-order valence-electron chi connectivity index (χ1n) is 8.35.